The average Bonchev–Trinajstić information content (AvgIpc) is 3.58. The van der Waals surface area contributed by atoms with E-state index in [1.165, 1.54) is 42.5 Å². The standard InChI is InChI=1S/C31H39FN4O7/c1-5-42-27(38)11-10-24(16-21-12-13-33-29(21)39)34-30(40)22(15-20-6-8-23(32)9-7-20)17-26(37)28(18(2)3)35-31(41)25-14-19(4)43-36-25/h6-11,14,18,21-22,24,28H,5,12-13,15-17H2,1-4H3,(H,33,39)(H,34,40)(H,35,41)/b11-10+/t21?,22-,24?,28+/m1/s1. The molecule has 12 heteroatoms. The number of aromatic nitrogens is 1. The Kier molecular flexibility index (Phi) is 12.2. The number of hydrogen-bond acceptors (Lipinski definition) is 8. The van der Waals surface area contributed by atoms with E-state index in [4.69, 9.17) is 9.26 Å². The Labute approximate surface area is 250 Å². The highest BCUT2D eigenvalue weighted by Crippen LogP contribution is 2.21. The van der Waals surface area contributed by atoms with Crippen LogP contribution >= 0.6 is 0 Å². The number of hydrogen-bond donors (Lipinski definition) is 3. The third-order valence-corrected chi connectivity index (χ3v) is 7.15. The third-order valence-electron chi connectivity index (χ3n) is 7.15. The number of amides is 3. The van der Waals surface area contributed by atoms with Gasteiger partial charge in [-0.2, -0.15) is 0 Å². The molecule has 2 unspecified atom stereocenters. The monoisotopic (exact) mass is 598 g/mol. The van der Waals surface area contributed by atoms with Crippen molar-refractivity contribution < 1.29 is 37.6 Å². The van der Waals surface area contributed by atoms with Crippen LogP contribution in [0.5, 0.6) is 0 Å². The second-order valence-corrected chi connectivity index (χ2v) is 11.0. The molecular weight excluding hydrogens is 559 g/mol. The molecule has 0 radical (unpaired) electrons. The molecule has 2 aromatic rings. The van der Waals surface area contributed by atoms with Gasteiger partial charge in [0, 0.05) is 43.0 Å². The van der Waals surface area contributed by atoms with Crippen LogP contribution in [0.2, 0.25) is 0 Å². The summed E-state index contributed by atoms with van der Waals surface area (Å²) in [5, 5.41) is 12.1. The number of Topliss-reactive ketones (excluding diaryl/α,β-unsaturated/α-hetero) is 1. The fourth-order valence-electron chi connectivity index (χ4n) is 4.89. The fourth-order valence-corrected chi connectivity index (χ4v) is 4.89. The van der Waals surface area contributed by atoms with Gasteiger partial charge in [0.2, 0.25) is 11.8 Å². The zero-order valence-corrected chi connectivity index (χ0v) is 24.9. The van der Waals surface area contributed by atoms with Crippen LogP contribution in [0.15, 0.2) is 47.0 Å². The van der Waals surface area contributed by atoms with E-state index in [9.17, 15) is 28.4 Å². The van der Waals surface area contributed by atoms with Crippen molar-refractivity contribution in [2.45, 2.75) is 65.5 Å². The van der Waals surface area contributed by atoms with Gasteiger partial charge in [-0.05, 0) is 56.7 Å². The molecule has 1 saturated heterocycles. The van der Waals surface area contributed by atoms with Crippen molar-refractivity contribution >= 4 is 29.5 Å². The summed E-state index contributed by atoms with van der Waals surface area (Å²) in [5.74, 6) is -3.75. The minimum Gasteiger partial charge on any atom is -0.463 e. The molecular formula is C31H39FN4O7. The molecule has 1 fully saturated rings. The lowest BCUT2D eigenvalue weighted by Gasteiger charge is -2.25. The molecule has 3 N–H and O–H groups in total. The number of ketones is 1. The summed E-state index contributed by atoms with van der Waals surface area (Å²) in [7, 11) is 0. The Morgan fingerprint density at radius 2 is 1.91 bits per heavy atom. The predicted octanol–water partition coefficient (Wildman–Crippen LogP) is 2.82. The normalized spacial score (nSPS) is 16.9. The minimum absolute atomic E-state index is 0.0312. The smallest absolute Gasteiger partial charge is 0.330 e. The van der Waals surface area contributed by atoms with Crippen LogP contribution in [0.4, 0.5) is 4.39 Å². The maximum Gasteiger partial charge on any atom is 0.330 e. The fraction of sp³-hybridized carbons (Fsp3) is 0.484. The van der Waals surface area contributed by atoms with Crippen molar-refractivity contribution in [1.82, 2.24) is 21.1 Å². The SMILES string of the molecule is CCOC(=O)/C=C/C(CC1CCNC1=O)NC(=O)[C@@H](CC(=O)[C@@H](NC(=O)c1cc(C)on1)C(C)C)Cc1ccc(F)cc1. The molecule has 232 valence electrons. The van der Waals surface area contributed by atoms with Crippen molar-refractivity contribution in [2.24, 2.45) is 17.8 Å². The Balaban J connectivity index is 1.82. The van der Waals surface area contributed by atoms with Crippen molar-refractivity contribution in [3.63, 3.8) is 0 Å². The number of aryl methyl sites for hydroxylation is 1. The molecule has 0 aliphatic carbocycles. The molecule has 0 bridgehead atoms. The first-order valence-corrected chi connectivity index (χ1v) is 14.4. The Morgan fingerprint density at radius 3 is 2.49 bits per heavy atom. The van der Waals surface area contributed by atoms with Gasteiger partial charge in [-0.3, -0.25) is 19.2 Å². The summed E-state index contributed by atoms with van der Waals surface area (Å²) in [5.41, 5.74) is 0.662. The van der Waals surface area contributed by atoms with Crippen molar-refractivity contribution in [1.29, 1.82) is 0 Å². The Bertz CT molecular complexity index is 1320. The van der Waals surface area contributed by atoms with E-state index >= 15 is 0 Å². The number of ether oxygens (including phenoxy) is 1. The highest BCUT2D eigenvalue weighted by Gasteiger charge is 2.32. The molecule has 43 heavy (non-hydrogen) atoms. The number of nitrogens with one attached hydrogen (secondary N) is 3. The van der Waals surface area contributed by atoms with Crippen LogP contribution in [-0.2, 0) is 30.3 Å². The summed E-state index contributed by atoms with van der Waals surface area (Å²) in [4.78, 5) is 64.3. The number of carbonyl (C=O) groups excluding carboxylic acids is 5. The van der Waals surface area contributed by atoms with Gasteiger partial charge in [-0.25, -0.2) is 9.18 Å². The van der Waals surface area contributed by atoms with Crippen LogP contribution in [0.1, 0.15) is 61.8 Å². The Hall–Kier alpha value is -4.35. The number of benzene rings is 1. The predicted molar refractivity (Wildman–Crippen MR) is 154 cm³/mol. The maximum absolute atomic E-state index is 13.7. The van der Waals surface area contributed by atoms with E-state index < -0.39 is 41.6 Å². The van der Waals surface area contributed by atoms with Gasteiger partial charge >= 0.3 is 5.97 Å². The summed E-state index contributed by atoms with van der Waals surface area (Å²) < 4.78 is 23.5. The van der Waals surface area contributed by atoms with Crippen molar-refractivity contribution in [3.8, 4) is 0 Å². The minimum atomic E-state index is -0.922. The van der Waals surface area contributed by atoms with E-state index in [1.807, 2.05) is 0 Å². The van der Waals surface area contributed by atoms with Crippen LogP contribution in [0.25, 0.3) is 0 Å². The second-order valence-electron chi connectivity index (χ2n) is 11.0. The van der Waals surface area contributed by atoms with Gasteiger partial charge in [0.05, 0.1) is 12.6 Å². The molecule has 0 saturated carbocycles. The van der Waals surface area contributed by atoms with Gasteiger partial charge in [-0.1, -0.05) is 37.2 Å². The van der Waals surface area contributed by atoms with Crippen LogP contribution in [0.3, 0.4) is 0 Å². The van der Waals surface area contributed by atoms with E-state index in [2.05, 4.69) is 21.1 Å². The first-order valence-electron chi connectivity index (χ1n) is 14.4. The van der Waals surface area contributed by atoms with Gasteiger partial charge in [-0.15, -0.1) is 0 Å². The zero-order chi connectivity index (χ0) is 31.5. The molecule has 3 amide bonds. The average molecular weight is 599 g/mol. The topological polar surface area (TPSA) is 157 Å². The van der Waals surface area contributed by atoms with Crippen LogP contribution in [0, 0.1) is 30.5 Å². The van der Waals surface area contributed by atoms with Crippen molar-refractivity contribution in [2.75, 3.05) is 13.2 Å². The third kappa shape index (κ3) is 10.2. The molecule has 1 aromatic heterocycles. The van der Waals surface area contributed by atoms with Crippen LogP contribution < -0.4 is 16.0 Å². The van der Waals surface area contributed by atoms with Crippen molar-refractivity contribution in [3.05, 3.63) is 65.3 Å². The number of carbonyl (C=O) groups is 5. The molecule has 2 heterocycles. The van der Waals surface area contributed by atoms with Gasteiger partial charge in [0.15, 0.2) is 11.5 Å². The summed E-state index contributed by atoms with van der Waals surface area (Å²) in [6, 6.07) is 5.45. The van der Waals surface area contributed by atoms with Crippen LogP contribution in [-0.4, -0.2) is 59.9 Å². The summed E-state index contributed by atoms with van der Waals surface area (Å²) in [6.07, 6.45) is 3.38. The second kappa shape index (κ2) is 15.8. The summed E-state index contributed by atoms with van der Waals surface area (Å²) in [6.45, 7) is 7.55. The number of halogens is 1. The molecule has 11 nitrogen and oxygen atoms in total. The lowest BCUT2D eigenvalue weighted by atomic mass is 9.87. The molecule has 1 aliphatic rings. The summed E-state index contributed by atoms with van der Waals surface area (Å²) >= 11 is 0. The quantitative estimate of drug-likeness (QED) is 0.209. The highest BCUT2D eigenvalue weighted by atomic mass is 19.1. The maximum atomic E-state index is 13.7. The molecule has 1 aliphatic heterocycles. The largest absolute Gasteiger partial charge is 0.463 e. The lowest BCUT2D eigenvalue weighted by molar-refractivity contribution is -0.137. The lowest BCUT2D eigenvalue weighted by Crippen LogP contribution is -2.47. The molecule has 3 rings (SSSR count). The highest BCUT2D eigenvalue weighted by molar-refractivity contribution is 5.97. The van der Waals surface area contributed by atoms with E-state index in [0.29, 0.717) is 24.3 Å². The Morgan fingerprint density at radius 1 is 1.19 bits per heavy atom. The number of rotatable bonds is 15. The molecule has 0 spiro atoms. The van der Waals surface area contributed by atoms with Gasteiger partial charge in [0.25, 0.3) is 5.91 Å². The first-order chi connectivity index (χ1) is 20.5. The molecule has 1 aromatic carbocycles. The van der Waals surface area contributed by atoms with Gasteiger partial charge in [0.1, 0.15) is 11.6 Å². The zero-order valence-electron chi connectivity index (χ0n) is 24.9. The first kappa shape index (κ1) is 33.2. The number of nitrogens with zero attached hydrogens (tertiary/aromatic N) is 1. The number of esters is 1. The molecule has 4 atom stereocenters. The van der Waals surface area contributed by atoms with E-state index in [0.717, 1.165) is 0 Å². The van der Waals surface area contributed by atoms with Gasteiger partial charge < -0.3 is 25.2 Å². The van der Waals surface area contributed by atoms with E-state index in [1.54, 1.807) is 27.7 Å². The van der Waals surface area contributed by atoms with E-state index in [-0.39, 0.29) is 55.1 Å².